The lowest BCUT2D eigenvalue weighted by atomic mass is 9.69. The Bertz CT molecular complexity index is 610. The van der Waals surface area contributed by atoms with E-state index in [2.05, 4.69) is 27.7 Å². The number of esters is 2. The molecule has 0 bridgehead atoms. The second-order valence-electron chi connectivity index (χ2n) is 11.8. The van der Waals surface area contributed by atoms with E-state index < -0.39 is 29.9 Å². The summed E-state index contributed by atoms with van der Waals surface area (Å²) >= 11 is 0. The molecule has 0 N–H and O–H groups in total. The van der Waals surface area contributed by atoms with Gasteiger partial charge in [-0.3, -0.25) is 9.59 Å². The van der Waals surface area contributed by atoms with Crippen LogP contribution >= 0.6 is 0 Å². The van der Waals surface area contributed by atoms with Crippen LogP contribution in [-0.4, -0.2) is 64.2 Å². The Kier molecular flexibility index (Phi) is 22.6. The molecule has 0 fully saturated rings. The maximum atomic E-state index is 13.3. The van der Waals surface area contributed by atoms with Crippen molar-refractivity contribution >= 4 is 11.9 Å². The minimum absolute atomic E-state index is 0.0308. The van der Waals surface area contributed by atoms with Crippen LogP contribution in [0.4, 0.5) is 0 Å². The van der Waals surface area contributed by atoms with Gasteiger partial charge in [-0.15, -0.1) is 0 Å². The highest BCUT2D eigenvalue weighted by atomic mass is 16.7. The van der Waals surface area contributed by atoms with E-state index in [4.69, 9.17) is 28.4 Å². The number of hydrogen-bond acceptors (Lipinski definition) is 8. The Morgan fingerprint density at radius 2 is 0.927 bits per heavy atom. The summed E-state index contributed by atoms with van der Waals surface area (Å²) < 4.78 is 34.2. The second-order valence-corrected chi connectivity index (χ2v) is 11.8. The van der Waals surface area contributed by atoms with Gasteiger partial charge in [0.1, 0.15) is 13.2 Å². The maximum Gasteiger partial charge on any atom is 0.324 e. The Morgan fingerprint density at radius 3 is 1.22 bits per heavy atom. The highest BCUT2D eigenvalue weighted by Crippen LogP contribution is 2.39. The van der Waals surface area contributed by atoms with Crippen LogP contribution < -0.4 is 0 Å². The number of carbonyl (C=O) groups is 2. The van der Waals surface area contributed by atoms with Gasteiger partial charge in [0.15, 0.2) is 18.0 Å². The van der Waals surface area contributed by atoms with E-state index in [0.29, 0.717) is 25.0 Å². The number of unbranched alkanes of at least 4 members (excludes halogenated alkanes) is 2. The Balaban J connectivity index is 4.73. The van der Waals surface area contributed by atoms with Gasteiger partial charge in [-0.2, -0.15) is 0 Å². The van der Waals surface area contributed by atoms with E-state index in [1.54, 1.807) is 0 Å². The normalized spacial score (nSPS) is 15.1. The molecule has 0 aliphatic heterocycles. The Labute approximate surface area is 251 Å². The quantitative estimate of drug-likeness (QED) is 0.0443. The van der Waals surface area contributed by atoms with Gasteiger partial charge in [-0.05, 0) is 50.4 Å². The average molecular weight is 589 g/mol. The van der Waals surface area contributed by atoms with Crippen LogP contribution in [-0.2, 0) is 38.0 Å². The van der Waals surface area contributed by atoms with E-state index in [9.17, 15) is 9.59 Å². The van der Waals surface area contributed by atoms with Crippen molar-refractivity contribution in [2.45, 2.75) is 133 Å². The molecule has 0 radical (unpaired) electrons. The molecule has 244 valence electrons. The zero-order chi connectivity index (χ0) is 31.3. The first kappa shape index (κ1) is 39.8. The minimum atomic E-state index is -1.43. The summed E-state index contributed by atoms with van der Waals surface area (Å²) in [7, 11) is 0. The Hall–Kier alpha value is -1.22. The van der Waals surface area contributed by atoms with Gasteiger partial charge in [0.2, 0.25) is 0 Å². The van der Waals surface area contributed by atoms with Crippen LogP contribution in [0.5, 0.6) is 0 Å². The molecule has 4 atom stereocenters. The van der Waals surface area contributed by atoms with Crippen molar-refractivity contribution in [2.24, 2.45) is 29.1 Å². The van der Waals surface area contributed by atoms with Crippen LogP contribution in [0.1, 0.15) is 121 Å². The molecule has 0 saturated carbocycles. The summed E-state index contributed by atoms with van der Waals surface area (Å²) in [6, 6.07) is 0. The summed E-state index contributed by atoms with van der Waals surface area (Å²) in [5.74, 6) is -0.787. The molecule has 0 spiro atoms. The van der Waals surface area contributed by atoms with Gasteiger partial charge >= 0.3 is 11.9 Å². The fourth-order valence-electron chi connectivity index (χ4n) is 5.06. The molecule has 0 aliphatic rings. The van der Waals surface area contributed by atoms with Crippen molar-refractivity contribution in [2.75, 3.05) is 39.6 Å². The zero-order valence-electron chi connectivity index (χ0n) is 28.1. The van der Waals surface area contributed by atoms with Crippen molar-refractivity contribution in [3.63, 3.8) is 0 Å². The molecule has 0 amide bonds. The zero-order valence-corrected chi connectivity index (χ0v) is 28.1. The standard InChI is InChI=1S/C33H64O8/c1-11-15-17-29(13-3)23-40-27(9)36-19-21-38-31(34)33(25(5)6,26(7)8)32(35)39-22-20-37-28(10)41-24-30(14-4)18-16-12-2/h25-30H,11-24H2,1-10H3. The molecule has 4 unspecified atom stereocenters. The first-order chi connectivity index (χ1) is 19.5. The molecule has 8 heteroatoms. The third-order valence-electron chi connectivity index (χ3n) is 8.05. The molecule has 41 heavy (non-hydrogen) atoms. The molecule has 0 rings (SSSR count). The van der Waals surface area contributed by atoms with Gasteiger partial charge in [-0.25, -0.2) is 0 Å². The summed E-state index contributed by atoms with van der Waals surface area (Å²) in [5, 5.41) is 0. The average Bonchev–Trinajstić information content (AvgIpc) is 2.93. The van der Waals surface area contributed by atoms with Gasteiger partial charge in [0.05, 0.1) is 26.4 Å². The minimum Gasteiger partial charge on any atom is -0.462 e. The highest BCUT2D eigenvalue weighted by Gasteiger charge is 2.54. The molecule has 0 heterocycles. The summed E-state index contributed by atoms with van der Waals surface area (Å²) in [5.41, 5.74) is -1.43. The summed E-state index contributed by atoms with van der Waals surface area (Å²) in [6.07, 6.45) is 8.40. The molecular formula is C33H64O8. The van der Waals surface area contributed by atoms with Gasteiger partial charge < -0.3 is 28.4 Å². The molecule has 0 aliphatic carbocycles. The molecule has 8 nitrogen and oxygen atoms in total. The first-order valence-corrected chi connectivity index (χ1v) is 16.3. The predicted octanol–water partition coefficient (Wildman–Crippen LogP) is 7.56. The summed E-state index contributed by atoms with van der Waals surface area (Å²) in [6.45, 7) is 21.5. The first-order valence-electron chi connectivity index (χ1n) is 16.3. The third kappa shape index (κ3) is 15.2. The van der Waals surface area contributed by atoms with E-state index in [1.807, 2.05) is 41.5 Å². The van der Waals surface area contributed by atoms with Crippen LogP contribution in [0.3, 0.4) is 0 Å². The van der Waals surface area contributed by atoms with E-state index in [0.717, 1.165) is 25.7 Å². The highest BCUT2D eigenvalue weighted by molar-refractivity contribution is 6.00. The Morgan fingerprint density at radius 1 is 0.561 bits per heavy atom. The van der Waals surface area contributed by atoms with Crippen molar-refractivity contribution in [3.05, 3.63) is 0 Å². The smallest absolute Gasteiger partial charge is 0.324 e. The molecule has 0 saturated heterocycles. The molecule has 0 aromatic carbocycles. The van der Waals surface area contributed by atoms with Crippen molar-refractivity contribution in [1.82, 2.24) is 0 Å². The lowest BCUT2D eigenvalue weighted by molar-refractivity contribution is -0.188. The summed E-state index contributed by atoms with van der Waals surface area (Å²) in [4.78, 5) is 26.6. The van der Waals surface area contributed by atoms with Crippen LogP contribution in [0.15, 0.2) is 0 Å². The van der Waals surface area contributed by atoms with Crippen LogP contribution in [0, 0.1) is 29.1 Å². The van der Waals surface area contributed by atoms with Gasteiger partial charge in [0, 0.05) is 0 Å². The van der Waals surface area contributed by atoms with Gasteiger partial charge in [0.25, 0.3) is 0 Å². The third-order valence-corrected chi connectivity index (χ3v) is 8.05. The van der Waals surface area contributed by atoms with E-state index in [-0.39, 0.29) is 38.3 Å². The molecule has 0 aromatic rings. The fraction of sp³-hybridized carbons (Fsp3) is 0.939. The fourth-order valence-corrected chi connectivity index (χ4v) is 5.06. The van der Waals surface area contributed by atoms with E-state index >= 15 is 0 Å². The van der Waals surface area contributed by atoms with Crippen molar-refractivity contribution in [1.29, 1.82) is 0 Å². The largest absolute Gasteiger partial charge is 0.462 e. The van der Waals surface area contributed by atoms with E-state index in [1.165, 1.54) is 25.7 Å². The second kappa shape index (κ2) is 23.3. The molecular weight excluding hydrogens is 524 g/mol. The van der Waals surface area contributed by atoms with Gasteiger partial charge in [-0.1, -0.05) is 93.9 Å². The SMILES string of the molecule is CCCCC(CC)COC(C)OCCOC(=O)C(C(=O)OCCOC(C)OCC(CC)CCCC)(C(C)C)C(C)C. The number of ether oxygens (including phenoxy) is 6. The molecule has 0 aromatic heterocycles. The van der Waals surface area contributed by atoms with Crippen molar-refractivity contribution < 1.29 is 38.0 Å². The van der Waals surface area contributed by atoms with Crippen LogP contribution in [0.25, 0.3) is 0 Å². The lowest BCUT2D eigenvalue weighted by Crippen LogP contribution is -2.50. The van der Waals surface area contributed by atoms with Crippen molar-refractivity contribution in [3.8, 4) is 0 Å². The topological polar surface area (TPSA) is 89.5 Å². The predicted molar refractivity (Wildman–Crippen MR) is 163 cm³/mol. The number of carbonyl (C=O) groups excluding carboxylic acids is 2. The monoisotopic (exact) mass is 588 g/mol. The lowest BCUT2D eigenvalue weighted by Gasteiger charge is -2.36. The maximum absolute atomic E-state index is 13.3. The van der Waals surface area contributed by atoms with Crippen LogP contribution in [0.2, 0.25) is 0 Å². The number of hydrogen-bond donors (Lipinski definition) is 0. The number of rotatable bonds is 26.